The van der Waals surface area contributed by atoms with E-state index < -0.39 is 5.97 Å². The number of aromatic nitrogens is 2. The van der Waals surface area contributed by atoms with Gasteiger partial charge in [-0.15, -0.1) is 11.3 Å². The zero-order valence-electron chi connectivity index (χ0n) is 15.4. The second-order valence-corrected chi connectivity index (χ2v) is 7.36. The zero-order valence-corrected chi connectivity index (χ0v) is 17.0. The van der Waals surface area contributed by atoms with Crippen molar-refractivity contribution >= 4 is 40.0 Å². The number of carbonyl (C=O) groups excluding carboxylic acids is 2. The Morgan fingerprint density at radius 1 is 1.25 bits per heavy atom. The summed E-state index contributed by atoms with van der Waals surface area (Å²) in [6, 6.07) is 9.21. The Morgan fingerprint density at radius 3 is 2.75 bits per heavy atom. The highest BCUT2D eigenvalue weighted by atomic mass is 32.2. The lowest BCUT2D eigenvalue weighted by Gasteiger charge is -2.09. The van der Waals surface area contributed by atoms with Crippen LogP contribution in [0.1, 0.15) is 17.3 Å². The number of benzene rings is 1. The minimum Gasteiger partial charge on any atom is -0.497 e. The molecular formula is C19H19N3O4S2. The van der Waals surface area contributed by atoms with Crippen LogP contribution in [0.25, 0.3) is 5.69 Å². The van der Waals surface area contributed by atoms with Gasteiger partial charge in [-0.05, 0) is 42.6 Å². The average Bonchev–Trinajstić information content (AvgIpc) is 3.36. The number of methoxy groups -OCH3 is 1. The molecule has 1 N–H and O–H groups in total. The van der Waals surface area contributed by atoms with E-state index in [1.807, 2.05) is 35.0 Å². The van der Waals surface area contributed by atoms with Gasteiger partial charge in [-0.2, -0.15) is 0 Å². The number of amides is 1. The van der Waals surface area contributed by atoms with Crippen molar-refractivity contribution in [1.29, 1.82) is 0 Å². The first-order valence-corrected chi connectivity index (χ1v) is 10.3. The third-order valence-corrected chi connectivity index (χ3v) is 5.50. The van der Waals surface area contributed by atoms with Crippen LogP contribution in [-0.4, -0.2) is 40.9 Å². The number of hydrogen-bond acceptors (Lipinski definition) is 7. The summed E-state index contributed by atoms with van der Waals surface area (Å²) in [5, 5.41) is 5.69. The Hall–Kier alpha value is -2.78. The number of ether oxygens (including phenoxy) is 2. The number of carbonyl (C=O) groups is 2. The lowest BCUT2D eigenvalue weighted by atomic mass is 10.3. The highest BCUT2D eigenvalue weighted by Gasteiger charge is 2.16. The van der Waals surface area contributed by atoms with Gasteiger partial charge in [0.05, 0.1) is 25.0 Å². The first-order chi connectivity index (χ1) is 13.6. The third kappa shape index (κ3) is 4.73. The molecule has 0 bridgehead atoms. The molecule has 0 saturated heterocycles. The summed E-state index contributed by atoms with van der Waals surface area (Å²) in [6.45, 7) is 2.02. The van der Waals surface area contributed by atoms with Crippen molar-refractivity contribution in [3.05, 3.63) is 53.7 Å². The Bertz CT molecular complexity index is 950. The number of anilines is 1. The van der Waals surface area contributed by atoms with Crippen LogP contribution < -0.4 is 10.1 Å². The largest absolute Gasteiger partial charge is 0.497 e. The summed E-state index contributed by atoms with van der Waals surface area (Å²) < 4.78 is 12.1. The van der Waals surface area contributed by atoms with E-state index in [9.17, 15) is 9.59 Å². The van der Waals surface area contributed by atoms with Gasteiger partial charge in [0.1, 0.15) is 10.8 Å². The molecule has 2 heterocycles. The predicted molar refractivity (Wildman–Crippen MR) is 110 cm³/mol. The number of rotatable bonds is 8. The van der Waals surface area contributed by atoms with Crippen LogP contribution in [0.2, 0.25) is 0 Å². The molecule has 0 unspecified atom stereocenters. The van der Waals surface area contributed by atoms with Crippen LogP contribution in [0.4, 0.5) is 5.00 Å². The van der Waals surface area contributed by atoms with Crippen LogP contribution >= 0.6 is 23.1 Å². The van der Waals surface area contributed by atoms with Crippen LogP contribution in [0.3, 0.4) is 0 Å². The molecule has 0 radical (unpaired) electrons. The second-order valence-electron chi connectivity index (χ2n) is 5.50. The van der Waals surface area contributed by atoms with Crippen molar-refractivity contribution in [1.82, 2.24) is 9.55 Å². The molecule has 146 valence electrons. The Balaban J connectivity index is 1.62. The lowest BCUT2D eigenvalue weighted by molar-refractivity contribution is -0.113. The maximum absolute atomic E-state index is 12.3. The number of thioether (sulfide) groups is 1. The molecule has 7 nitrogen and oxygen atoms in total. The number of nitrogens with zero attached hydrogens (tertiary/aromatic N) is 2. The van der Waals surface area contributed by atoms with Gasteiger partial charge < -0.3 is 14.8 Å². The van der Waals surface area contributed by atoms with Crippen molar-refractivity contribution in [3.8, 4) is 11.4 Å². The van der Waals surface area contributed by atoms with Crippen LogP contribution in [0.15, 0.2) is 53.3 Å². The SMILES string of the molecule is CCOC(=O)c1ccsc1NC(=O)CSc1nccn1-c1ccc(OC)cc1. The molecular weight excluding hydrogens is 398 g/mol. The Kier molecular flexibility index (Phi) is 6.72. The fraction of sp³-hybridized carbons (Fsp3) is 0.211. The Morgan fingerprint density at radius 2 is 2.04 bits per heavy atom. The van der Waals surface area contributed by atoms with E-state index in [2.05, 4.69) is 10.3 Å². The molecule has 0 aliphatic rings. The van der Waals surface area contributed by atoms with Gasteiger partial charge in [0.2, 0.25) is 5.91 Å². The van der Waals surface area contributed by atoms with Gasteiger partial charge in [-0.3, -0.25) is 9.36 Å². The molecule has 0 fully saturated rings. The summed E-state index contributed by atoms with van der Waals surface area (Å²) in [4.78, 5) is 28.6. The summed E-state index contributed by atoms with van der Waals surface area (Å²) in [6.07, 6.45) is 3.52. The molecule has 1 aromatic carbocycles. The third-order valence-electron chi connectivity index (χ3n) is 3.70. The van der Waals surface area contributed by atoms with Crippen molar-refractivity contribution in [2.45, 2.75) is 12.1 Å². The fourth-order valence-corrected chi connectivity index (χ4v) is 3.97. The molecule has 0 spiro atoms. The van der Waals surface area contributed by atoms with Gasteiger partial charge in [-0.1, -0.05) is 11.8 Å². The minimum atomic E-state index is -0.443. The highest BCUT2D eigenvalue weighted by molar-refractivity contribution is 7.99. The molecule has 0 saturated carbocycles. The second kappa shape index (κ2) is 9.43. The van der Waals surface area contributed by atoms with Gasteiger partial charge in [0, 0.05) is 18.1 Å². The van der Waals surface area contributed by atoms with Gasteiger partial charge in [0.15, 0.2) is 5.16 Å². The monoisotopic (exact) mass is 417 g/mol. The zero-order chi connectivity index (χ0) is 19.9. The molecule has 0 aliphatic heterocycles. The van der Waals surface area contributed by atoms with Crippen molar-refractivity contribution in [2.75, 3.05) is 24.8 Å². The van der Waals surface area contributed by atoms with Gasteiger partial charge in [0.25, 0.3) is 0 Å². The van der Waals surface area contributed by atoms with E-state index in [1.54, 1.807) is 31.7 Å². The molecule has 9 heteroatoms. The smallest absolute Gasteiger partial charge is 0.341 e. The average molecular weight is 418 g/mol. The van der Waals surface area contributed by atoms with E-state index in [4.69, 9.17) is 9.47 Å². The molecule has 28 heavy (non-hydrogen) atoms. The Labute approximate surface area is 170 Å². The van der Waals surface area contributed by atoms with E-state index in [-0.39, 0.29) is 18.3 Å². The van der Waals surface area contributed by atoms with Gasteiger partial charge >= 0.3 is 5.97 Å². The van der Waals surface area contributed by atoms with E-state index in [1.165, 1.54) is 23.1 Å². The van der Waals surface area contributed by atoms with Crippen molar-refractivity contribution < 1.29 is 19.1 Å². The normalized spacial score (nSPS) is 10.5. The maximum atomic E-state index is 12.3. The fourth-order valence-electron chi connectivity index (χ4n) is 2.40. The van der Waals surface area contributed by atoms with Crippen LogP contribution in [0, 0.1) is 0 Å². The van der Waals surface area contributed by atoms with E-state index in [0.717, 1.165) is 11.4 Å². The lowest BCUT2D eigenvalue weighted by Crippen LogP contribution is -2.16. The van der Waals surface area contributed by atoms with Crippen LogP contribution in [0.5, 0.6) is 5.75 Å². The van der Waals surface area contributed by atoms with Crippen LogP contribution in [-0.2, 0) is 9.53 Å². The summed E-state index contributed by atoms with van der Waals surface area (Å²) in [5.74, 6) is 0.266. The quantitative estimate of drug-likeness (QED) is 0.443. The van der Waals surface area contributed by atoms with E-state index in [0.29, 0.717) is 15.7 Å². The molecule has 3 aromatic rings. The molecule has 1 amide bonds. The first kappa shape index (κ1) is 20.0. The predicted octanol–water partition coefficient (Wildman–Crippen LogP) is 3.85. The summed E-state index contributed by atoms with van der Waals surface area (Å²) >= 11 is 2.59. The molecule has 2 aromatic heterocycles. The summed E-state index contributed by atoms with van der Waals surface area (Å²) in [7, 11) is 1.62. The number of imidazole rings is 1. The minimum absolute atomic E-state index is 0.160. The van der Waals surface area contributed by atoms with Crippen molar-refractivity contribution in [2.24, 2.45) is 0 Å². The van der Waals surface area contributed by atoms with Gasteiger partial charge in [-0.25, -0.2) is 9.78 Å². The van der Waals surface area contributed by atoms with Crippen molar-refractivity contribution in [3.63, 3.8) is 0 Å². The topological polar surface area (TPSA) is 82.5 Å². The number of esters is 1. The first-order valence-electron chi connectivity index (χ1n) is 8.47. The standard InChI is InChI=1S/C19H19N3O4S2/c1-3-26-18(24)15-8-11-27-17(15)21-16(23)12-28-19-20-9-10-22(19)13-4-6-14(25-2)7-5-13/h4-11H,3,12H2,1-2H3,(H,21,23). The molecule has 0 aliphatic carbocycles. The number of nitrogens with one attached hydrogen (secondary N) is 1. The molecule has 0 atom stereocenters. The highest BCUT2D eigenvalue weighted by Crippen LogP contribution is 2.26. The van der Waals surface area contributed by atoms with E-state index >= 15 is 0 Å². The number of thiophene rings is 1. The summed E-state index contributed by atoms with van der Waals surface area (Å²) in [5.41, 5.74) is 1.29. The maximum Gasteiger partial charge on any atom is 0.341 e. The molecule has 3 rings (SSSR count). The number of hydrogen-bond donors (Lipinski definition) is 1.